The number of esters is 1. The number of hydrogen-bond donors (Lipinski definition) is 3. The number of hydrogen-bond acceptors (Lipinski definition) is 7. The van der Waals surface area contributed by atoms with Gasteiger partial charge < -0.3 is 25.4 Å². The molecule has 4 aromatic rings. The molecule has 0 saturated carbocycles. The SMILES string of the molecule is CCOc1ccc(/C=C(\NC(=O)c2ccccc2)C(=O)Nc2ccc(SC(C)C(=O)Nc3ccccc3C(=O)OC)cc2)cc1. The van der Waals surface area contributed by atoms with Crippen LogP contribution in [0.25, 0.3) is 6.08 Å². The molecule has 0 saturated heterocycles. The summed E-state index contributed by atoms with van der Waals surface area (Å²) in [5.74, 6) is -1.06. The molecule has 4 rings (SSSR count). The van der Waals surface area contributed by atoms with Crippen LogP contribution in [0.1, 0.15) is 40.1 Å². The molecule has 4 aromatic carbocycles. The van der Waals surface area contributed by atoms with Gasteiger partial charge >= 0.3 is 5.97 Å². The summed E-state index contributed by atoms with van der Waals surface area (Å²) >= 11 is 1.32. The second-order valence-corrected chi connectivity index (χ2v) is 11.1. The van der Waals surface area contributed by atoms with Crippen molar-refractivity contribution in [3.05, 3.63) is 126 Å². The zero-order valence-corrected chi connectivity index (χ0v) is 25.9. The molecular formula is C35H33N3O6S. The van der Waals surface area contributed by atoms with Crippen molar-refractivity contribution in [2.75, 3.05) is 24.4 Å². The number of benzene rings is 4. The highest BCUT2D eigenvalue weighted by Gasteiger charge is 2.19. The van der Waals surface area contributed by atoms with Crippen LogP contribution < -0.4 is 20.7 Å². The van der Waals surface area contributed by atoms with Crippen LogP contribution in [0.2, 0.25) is 0 Å². The molecule has 1 unspecified atom stereocenters. The van der Waals surface area contributed by atoms with Crippen molar-refractivity contribution in [1.82, 2.24) is 5.32 Å². The monoisotopic (exact) mass is 623 g/mol. The van der Waals surface area contributed by atoms with Gasteiger partial charge in [0.25, 0.3) is 11.8 Å². The Kier molecular flexibility index (Phi) is 11.5. The third-order valence-corrected chi connectivity index (χ3v) is 7.53. The van der Waals surface area contributed by atoms with Gasteiger partial charge in [0, 0.05) is 16.1 Å². The molecule has 230 valence electrons. The van der Waals surface area contributed by atoms with Crippen molar-refractivity contribution in [3.8, 4) is 5.75 Å². The molecule has 10 heteroatoms. The average Bonchev–Trinajstić information content (AvgIpc) is 3.06. The first-order valence-corrected chi connectivity index (χ1v) is 15.0. The Hall–Kier alpha value is -5.35. The molecule has 1 atom stereocenters. The molecule has 0 aliphatic rings. The first-order valence-electron chi connectivity index (χ1n) is 14.1. The third-order valence-electron chi connectivity index (χ3n) is 6.42. The van der Waals surface area contributed by atoms with Gasteiger partial charge in [0.1, 0.15) is 11.4 Å². The van der Waals surface area contributed by atoms with E-state index in [1.165, 1.54) is 18.9 Å². The molecule has 0 spiro atoms. The van der Waals surface area contributed by atoms with Crippen LogP contribution in [-0.4, -0.2) is 42.7 Å². The fraction of sp³-hybridized carbons (Fsp3) is 0.143. The van der Waals surface area contributed by atoms with Crippen molar-refractivity contribution in [3.63, 3.8) is 0 Å². The molecule has 0 bridgehead atoms. The van der Waals surface area contributed by atoms with E-state index in [9.17, 15) is 19.2 Å². The minimum Gasteiger partial charge on any atom is -0.494 e. The minimum absolute atomic E-state index is 0.0593. The van der Waals surface area contributed by atoms with Crippen molar-refractivity contribution in [1.29, 1.82) is 0 Å². The van der Waals surface area contributed by atoms with E-state index < -0.39 is 23.0 Å². The highest BCUT2D eigenvalue weighted by molar-refractivity contribution is 8.00. The number of methoxy groups -OCH3 is 1. The Morgan fingerprint density at radius 3 is 2.16 bits per heavy atom. The second kappa shape index (κ2) is 15.9. The van der Waals surface area contributed by atoms with Gasteiger partial charge in [0.05, 0.1) is 30.2 Å². The average molecular weight is 624 g/mol. The summed E-state index contributed by atoms with van der Waals surface area (Å²) in [4.78, 5) is 52.0. The molecule has 3 N–H and O–H groups in total. The standard InChI is InChI=1S/C35H33N3O6S/c1-4-44-27-18-14-24(15-19-27)22-31(38-33(40)25-10-6-5-7-11-25)34(41)36-26-16-20-28(21-17-26)45-23(2)32(39)37-30-13-9-8-12-29(30)35(42)43-3/h5-23H,4H2,1-3H3,(H,36,41)(H,37,39)(H,38,40)/b31-22-. The van der Waals surface area contributed by atoms with Crippen LogP contribution >= 0.6 is 11.8 Å². The van der Waals surface area contributed by atoms with E-state index in [1.807, 2.05) is 6.92 Å². The quantitative estimate of drug-likeness (QED) is 0.0948. The summed E-state index contributed by atoms with van der Waals surface area (Å²) in [6, 6.07) is 29.4. The van der Waals surface area contributed by atoms with Crippen LogP contribution in [-0.2, 0) is 14.3 Å². The Bertz CT molecular complexity index is 1670. The number of nitrogens with one attached hydrogen (secondary N) is 3. The Morgan fingerprint density at radius 1 is 0.822 bits per heavy atom. The van der Waals surface area contributed by atoms with Crippen LogP contribution in [0.15, 0.2) is 114 Å². The summed E-state index contributed by atoms with van der Waals surface area (Å²) in [5, 5.41) is 7.85. The van der Waals surface area contributed by atoms with E-state index in [0.717, 1.165) is 4.90 Å². The van der Waals surface area contributed by atoms with Gasteiger partial charge in [-0.15, -0.1) is 11.8 Å². The molecule has 0 aliphatic heterocycles. The van der Waals surface area contributed by atoms with Crippen LogP contribution in [0.4, 0.5) is 11.4 Å². The van der Waals surface area contributed by atoms with Crippen LogP contribution in [0, 0.1) is 0 Å². The van der Waals surface area contributed by atoms with E-state index in [1.54, 1.807) is 116 Å². The van der Waals surface area contributed by atoms with E-state index in [-0.39, 0.29) is 17.2 Å². The summed E-state index contributed by atoms with van der Waals surface area (Å²) in [6.07, 6.45) is 1.59. The van der Waals surface area contributed by atoms with E-state index in [4.69, 9.17) is 9.47 Å². The predicted octanol–water partition coefficient (Wildman–Crippen LogP) is 6.40. The number of para-hydroxylation sites is 1. The number of anilines is 2. The Balaban J connectivity index is 1.44. The number of rotatable bonds is 12. The van der Waals surface area contributed by atoms with E-state index in [0.29, 0.717) is 34.9 Å². The highest BCUT2D eigenvalue weighted by atomic mass is 32.2. The lowest BCUT2D eigenvalue weighted by atomic mass is 10.1. The smallest absolute Gasteiger partial charge is 0.339 e. The first-order chi connectivity index (χ1) is 21.8. The molecule has 9 nitrogen and oxygen atoms in total. The predicted molar refractivity (Wildman–Crippen MR) is 176 cm³/mol. The van der Waals surface area contributed by atoms with Gasteiger partial charge in [-0.1, -0.05) is 42.5 Å². The molecule has 0 radical (unpaired) electrons. The van der Waals surface area contributed by atoms with Crippen molar-refractivity contribution in [2.45, 2.75) is 24.0 Å². The molecule has 0 aliphatic carbocycles. The molecule has 3 amide bonds. The van der Waals surface area contributed by atoms with Gasteiger partial charge in [0.2, 0.25) is 5.91 Å². The van der Waals surface area contributed by atoms with Crippen molar-refractivity contribution < 1.29 is 28.7 Å². The topological polar surface area (TPSA) is 123 Å². The largest absolute Gasteiger partial charge is 0.494 e. The molecular weight excluding hydrogens is 590 g/mol. The first kappa shape index (κ1) is 32.6. The number of thioether (sulfide) groups is 1. The zero-order valence-electron chi connectivity index (χ0n) is 25.0. The number of carbonyl (C=O) groups is 4. The lowest BCUT2D eigenvalue weighted by Crippen LogP contribution is -2.30. The maximum atomic E-state index is 13.4. The lowest BCUT2D eigenvalue weighted by molar-refractivity contribution is -0.115. The molecule has 0 fully saturated rings. The minimum atomic E-state index is -0.541. The third kappa shape index (κ3) is 9.32. The fourth-order valence-corrected chi connectivity index (χ4v) is 4.99. The zero-order chi connectivity index (χ0) is 32.2. The highest BCUT2D eigenvalue weighted by Crippen LogP contribution is 2.27. The van der Waals surface area contributed by atoms with Gasteiger partial charge in [-0.25, -0.2) is 4.79 Å². The van der Waals surface area contributed by atoms with Gasteiger partial charge in [-0.3, -0.25) is 14.4 Å². The number of amides is 3. The second-order valence-electron chi connectivity index (χ2n) is 9.65. The Morgan fingerprint density at radius 2 is 1.49 bits per heavy atom. The van der Waals surface area contributed by atoms with Crippen LogP contribution in [0.5, 0.6) is 5.75 Å². The van der Waals surface area contributed by atoms with Crippen molar-refractivity contribution in [2.24, 2.45) is 0 Å². The molecule has 45 heavy (non-hydrogen) atoms. The summed E-state index contributed by atoms with van der Waals surface area (Å²) in [7, 11) is 1.28. The van der Waals surface area contributed by atoms with Gasteiger partial charge in [0.15, 0.2) is 0 Å². The summed E-state index contributed by atoms with van der Waals surface area (Å²) in [6.45, 7) is 4.18. The van der Waals surface area contributed by atoms with Gasteiger partial charge in [-0.05, 0) is 86.2 Å². The fourth-order valence-electron chi connectivity index (χ4n) is 4.12. The van der Waals surface area contributed by atoms with E-state index in [2.05, 4.69) is 16.0 Å². The van der Waals surface area contributed by atoms with Crippen molar-refractivity contribution >= 4 is 52.9 Å². The van der Waals surface area contributed by atoms with Gasteiger partial charge in [-0.2, -0.15) is 0 Å². The van der Waals surface area contributed by atoms with E-state index >= 15 is 0 Å². The maximum absolute atomic E-state index is 13.4. The van der Waals surface area contributed by atoms with Crippen LogP contribution in [0.3, 0.4) is 0 Å². The Labute approximate surface area is 266 Å². The molecule has 0 heterocycles. The molecule has 0 aromatic heterocycles. The number of carbonyl (C=O) groups excluding carboxylic acids is 4. The summed E-state index contributed by atoms with van der Waals surface area (Å²) < 4.78 is 10.3. The number of ether oxygens (including phenoxy) is 2. The summed E-state index contributed by atoms with van der Waals surface area (Å²) in [5.41, 5.74) is 2.31. The lowest BCUT2D eigenvalue weighted by Gasteiger charge is -2.15. The maximum Gasteiger partial charge on any atom is 0.339 e. The normalized spacial score (nSPS) is 11.6.